The quantitative estimate of drug-likeness (QED) is 0.682. The first-order valence-corrected chi connectivity index (χ1v) is 12.6. The molecule has 10 heteroatoms. The van der Waals surface area contributed by atoms with Crippen LogP contribution in [0.3, 0.4) is 0 Å². The summed E-state index contributed by atoms with van der Waals surface area (Å²) < 4.78 is 61.0. The first-order chi connectivity index (χ1) is 13.7. The summed E-state index contributed by atoms with van der Waals surface area (Å²) in [6, 6.07) is 9.96. The second kappa shape index (κ2) is 8.91. The van der Waals surface area contributed by atoms with Crippen LogP contribution in [-0.4, -0.2) is 40.8 Å². The van der Waals surface area contributed by atoms with Gasteiger partial charge in [-0.25, -0.2) is 16.8 Å². The fourth-order valence-corrected chi connectivity index (χ4v) is 5.97. The average molecular weight is 459 g/mol. The van der Waals surface area contributed by atoms with E-state index in [0.29, 0.717) is 24.7 Å². The molecule has 1 saturated heterocycles. The number of nitrogens with one attached hydrogen (secondary N) is 1. The van der Waals surface area contributed by atoms with Crippen molar-refractivity contribution in [3.63, 3.8) is 0 Å². The van der Waals surface area contributed by atoms with Crippen LogP contribution < -0.4 is 9.46 Å². The Morgan fingerprint density at radius 3 is 2.28 bits per heavy atom. The minimum Gasteiger partial charge on any atom is -0.492 e. The standard InChI is InChI=1S/C19H23ClN2O5S2/c1-2-27-18-11-8-16(21-28(23,24)17-9-6-15(20)7-10-17)14-19(18)29(25,26)22-12-4-3-5-13-22/h6-11,14,21H,2-5,12-13H2,1H3. The van der Waals surface area contributed by atoms with Crippen molar-refractivity contribution in [2.24, 2.45) is 0 Å². The fourth-order valence-electron chi connectivity index (χ4n) is 3.12. The highest BCUT2D eigenvalue weighted by molar-refractivity contribution is 7.92. The molecule has 0 atom stereocenters. The van der Waals surface area contributed by atoms with Gasteiger partial charge in [0.1, 0.15) is 10.6 Å². The Labute approximate surface area is 176 Å². The van der Waals surface area contributed by atoms with Gasteiger partial charge in [-0.3, -0.25) is 4.72 Å². The Morgan fingerprint density at radius 2 is 1.66 bits per heavy atom. The lowest BCUT2D eigenvalue weighted by atomic mass is 10.2. The number of anilines is 1. The maximum atomic E-state index is 13.2. The van der Waals surface area contributed by atoms with Gasteiger partial charge in [0, 0.05) is 18.1 Å². The molecular weight excluding hydrogens is 436 g/mol. The number of halogens is 1. The third-order valence-corrected chi connectivity index (χ3v) is 8.12. The number of benzene rings is 2. The Hall–Kier alpha value is -1.81. The zero-order valence-corrected chi connectivity index (χ0v) is 18.4. The molecule has 0 bridgehead atoms. The average Bonchev–Trinajstić information content (AvgIpc) is 2.70. The van der Waals surface area contributed by atoms with Crippen LogP contribution in [0.15, 0.2) is 52.3 Å². The van der Waals surface area contributed by atoms with Crippen molar-refractivity contribution in [1.29, 1.82) is 0 Å². The van der Waals surface area contributed by atoms with E-state index in [2.05, 4.69) is 4.72 Å². The van der Waals surface area contributed by atoms with Gasteiger partial charge >= 0.3 is 0 Å². The summed E-state index contributed by atoms with van der Waals surface area (Å²) in [6.45, 7) is 2.93. The highest BCUT2D eigenvalue weighted by Gasteiger charge is 2.29. The Balaban J connectivity index is 1.97. The van der Waals surface area contributed by atoms with Crippen LogP contribution in [0.2, 0.25) is 5.02 Å². The van der Waals surface area contributed by atoms with Crippen molar-refractivity contribution >= 4 is 37.3 Å². The van der Waals surface area contributed by atoms with Crippen LogP contribution in [0.25, 0.3) is 0 Å². The maximum Gasteiger partial charge on any atom is 0.261 e. The second-order valence-electron chi connectivity index (χ2n) is 6.62. The van der Waals surface area contributed by atoms with E-state index in [4.69, 9.17) is 16.3 Å². The molecule has 7 nitrogen and oxygen atoms in total. The number of hydrogen-bond donors (Lipinski definition) is 1. The van der Waals surface area contributed by atoms with E-state index in [0.717, 1.165) is 19.3 Å². The minimum absolute atomic E-state index is 0.0243. The predicted octanol–water partition coefficient (Wildman–Crippen LogP) is 3.71. The molecule has 1 heterocycles. The summed E-state index contributed by atoms with van der Waals surface area (Å²) in [4.78, 5) is -0.0196. The SMILES string of the molecule is CCOc1ccc(NS(=O)(=O)c2ccc(Cl)cc2)cc1S(=O)(=O)N1CCCCC1. The first-order valence-electron chi connectivity index (χ1n) is 9.29. The third-order valence-electron chi connectivity index (χ3n) is 4.55. The molecule has 158 valence electrons. The van der Waals surface area contributed by atoms with Crippen molar-refractivity contribution in [2.75, 3.05) is 24.4 Å². The van der Waals surface area contributed by atoms with Crippen molar-refractivity contribution in [1.82, 2.24) is 4.31 Å². The molecule has 2 aromatic carbocycles. The number of piperidine rings is 1. The van der Waals surface area contributed by atoms with Gasteiger partial charge in [-0.15, -0.1) is 0 Å². The van der Waals surface area contributed by atoms with Crippen molar-refractivity contribution in [3.8, 4) is 5.75 Å². The lowest BCUT2D eigenvalue weighted by Crippen LogP contribution is -2.35. The van der Waals surface area contributed by atoms with E-state index >= 15 is 0 Å². The van der Waals surface area contributed by atoms with Crippen molar-refractivity contribution < 1.29 is 21.6 Å². The first kappa shape index (κ1) is 21.9. The van der Waals surface area contributed by atoms with Gasteiger partial charge in [0.05, 0.1) is 17.2 Å². The third kappa shape index (κ3) is 5.03. The van der Waals surface area contributed by atoms with Gasteiger partial charge in [0.25, 0.3) is 10.0 Å². The molecule has 0 saturated carbocycles. The molecule has 2 aromatic rings. The van der Waals surface area contributed by atoms with Gasteiger partial charge in [-0.2, -0.15) is 4.31 Å². The van der Waals surface area contributed by atoms with Gasteiger partial charge in [-0.1, -0.05) is 18.0 Å². The molecule has 0 spiro atoms. The van der Waals surface area contributed by atoms with Gasteiger partial charge < -0.3 is 4.74 Å². The summed E-state index contributed by atoms with van der Waals surface area (Å²) in [5.41, 5.74) is 0.138. The van der Waals surface area contributed by atoms with Gasteiger partial charge in [0.15, 0.2) is 0 Å². The number of sulfonamides is 2. The molecule has 0 aromatic heterocycles. The Bertz CT molecular complexity index is 1060. The summed E-state index contributed by atoms with van der Waals surface area (Å²) in [5.74, 6) is 0.201. The van der Waals surface area contributed by atoms with Crippen molar-refractivity contribution in [2.45, 2.75) is 36.0 Å². The lowest BCUT2D eigenvalue weighted by molar-refractivity contribution is 0.323. The molecular formula is C19H23ClN2O5S2. The van der Waals surface area contributed by atoms with E-state index in [1.807, 2.05) is 0 Å². The van der Waals surface area contributed by atoms with Crippen molar-refractivity contribution in [3.05, 3.63) is 47.5 Å². The number of ether oxygens (including phenoxy) is 1. The highest BCUT2D eigenvalue weighted by atomic mass is 35.5. The second-order valence-corrected chi connectivity index (χ2v) is 10.6. The fraction of sp³-hybridized carbons (Fsp3) is 0.368. The van der Waals surface area contributed by atoms with Crippen LogP contribution in [0.5, 0.6) is 5.75 Å². The largest absolute Gasteiger partial charge is 0.492 e. The van der Waals surface area contributed by atoms with E-state index in [1.165, 1.54) is 46.8 Å². The molecule has 0 aliphatic carbocycles. The lowest BCUT2D eigenvalue weighted by Gasteiger charge is -2.27. The Morgan fingerprint density at radius 1 is 1.00 bits per heavy atom. The van der Waals surface area contributed by atoms with E-state index in [1.54, 1.807) is 6.92 Å². The van der Waals surface area contributed by atoms with Crippen LogP contribution in [-0.2, 0) is 20.0 Å². The van der Waals surface area contributed by atoms with E-state index in [9.17, 15) is 16.8 Å². The normalized spacial score (nSPS) is 15.8. The molecule has 29 heavy (non-hydrogen) atoms. The summed E-state index contributed by atoms with van der Waals surface area (Å²) in [6.07, 6.45) is 2.59. The zero-order chi connectivity index (χ0) is 21.1. The highest BCUT2D eigenvalue weighted by Crippen LogP contribution is 2.32. The summed E-state index contributed by atoms with van der Waals surface area (Å²) >= 11 is 5.81. The molecule has 0 radical (unpaired) electrons. The van der Waals surface area contributed by atoms with Crippen LogP contribution in [0.4, 0.5) is 5.69 Å². The van der Waals surface area contributed by atoms with Crippen LogP contribution >= 0.6 is 11.6 Å². The molecule has 3 rings (SSSR count). The van der Waals surface area contributed by atoms with Gasteiger partial charge in [-0.05, 0) is 62.2 Å². The molecule has 1 N–H and O–H groups in total. The number of nitrogens with zero attached hydrogens (tertiary/aromatic N) is 1. The summed E-state index contributed by atoms with van der Waals surface area (Å²) in [7, 11) is -7.71. The van der Waals surface area contributed by atoms with Crippen LogP contribution in [0.1, 0.15) is 26.2 Å². The molecule has 0 unspecified atom stereocenters. The smallest absolute Gasteiger partial charge is 0.261 e. The summed E-state index contributed by atoms with van der Waals surface area (Å²) in [5, 5.41) is 0.417. The maximum absolute atomic E-state index is 13.2. The molecule has 0 amide bonds. The van der Waals surface area contributed by atoms with Crippen LogP contribution in [0, 0.1) is 0 Å². The van der Waals surface area contributed by atoms with E-state index in [-0.39, 0.29) is 21.2 Å². The zero-order valence-electron chi connectivity index (χ0n) is 16.0. The minimum atomic E-state index is -3.90. The molecule has 1 aliphatic rings. The molecule has 1 aliphatic heterocycles. The number of rotatable bonds is 7. The van der Waals surface area contributed by atoms with Gasteiger partial charge in [0.2, 0.25) is 10.0 Å². The predicted molar refractivity (Wildman–Crippen MR) is 112 cm³/mol. The topological polar surface area (TPSA) is 92.8 Å². The Kier molecular flexibility index (Phi) is 6.72. The molecule has 1 fully saturated rings. The number of hydrogen-bond acceptors (Lipinski definition) is 5. The van der Waals surface area contributed by atoms with E-state index < -0.39 is 20.0 Å². The monoisotopic (exact) mass is 458 g/mol.